The van der Waals surface area contributed by atoms with Gasteiger partial charge in [-0.2, -0.15) is 0 Å². The molecule has 4 nitrogen and oxygen atoms in total. The first kappa shape index (κ1) is 17.6. The number of benzene rings is 1. The number of rotatable bonds is 3. The molecule has 2 N–H and O–H groups in total. The third-order valence-corrected chi connectivity index (χ3v) is 6.79. The zero-order valence-corrected chi connectivity index (χ0v) is 16.1. The fourth-order valence-electron chi connectivity index (χ4n) is 6.07. The molecule has 0 unspecified atom stereocenters. The quantitative estimate of drug-likeness (QED) is 0.802. The zero-order valence-electron chi connectivity index (χ0n) is 16.1. The van der Waals surface area contributed by atoms with Crippen molar-refractivity contribution in [2.75, 3.05) is 5.32 Å². The van der Waals surface area contributed by atoms with E-state index < -0.39 is 11.8 Å². The molecule has 2 amide bonds. The van der Waals surface area contributed by atoms with Crippen LogP contribution in [-0.4, -0.2) is 17.4 Å². The first-order valence-electron chi connectivity index (χ1n) is 10.1. The normalized spacial score (nSPS) is 31.9. The third-order valence-electron chi connectivity index (χ3n) is 6.79. The van der Waals surface area contributed by atoms with Crippen molar-refractivity contribution in [2.45, 2.75) is 70.8 Å². The first-order valence-corrected chi connectivity index (χ1v) is 10.1. The Bertz CT molecular complexity index is 702. The standard InChI is InChI=1S/C22H30N2O2/c1-13(2)18-6-4-5-14(3)19(18)23-20(25)21(26)24-22-10-15-7-16(11-22)9-17(8-15)12-22/h4-6,13,15-17H,7-12H2,1-3H3,(H,23,25)(H,24,26). The third kappa shape index (κ3) is 3.15. The van der Waals surface area contributed by atoms with Crippen LogP contribution in [0, 0.1) is 24.7 Å². The maximum absolute atomic E-state index is 12.7. The molecule has 4 bridgehead atoms. The highest BCUT2D eigenvalue weighted by Crippen LogP contribution is 2.55. The van der Waals surface area contributed by atoms with Gasteiger partial charge in [-0.05, 0) is 80.2 Å². The first-order chi connectivity index (χ1) is 12.3. The highest BCUT2D eigenvalue weighted by Gasteiger charge is 2.51. The molecular formula is C22H30N2O2. The van der Waals surface area contributed by atoms with Crippen LogP contribution in [0.5, 0.6) is 0 Å². The van der Waals surface area contributed by atoms with Gasteiger partial charge in [0.2, 0.25) is 0 Å². The molecule has 1 aromatic carbocycles. The lowest BCUT2D eigenvalue weighted by molar-refractivity contribution is -0.139. The van der Waals surface area contributed by atoms with Gasteiger partial charge in [-0.1, -0.05) is 32.0 Å². The van der Waals surface area contributed by atoms with Crippen molar-refractivity contribution in [1.82, 2.24) is 5.32 Å². The summed E-state index contributed by atoms with van der Waals surface area (Å²) in [6, 6.07) is 5.98. The minimum atomic E-state index is -0.531. The molecule has 5 rings (SSSR count). The lowest BCUT2D eigenvalue weighted by Gasteiger charge is -2.56. The zero-order chi connectivity index (χ0) is 18.5. The molecule has 0 atom stereocenters. The number of amides is 2. The fraction of sp³-hybridized carbons (Fsp3) is 0.636. The highest BCUT2D eigenvalue weighted by molar-refractivity contribution is 6.40. The Morgan fingerprint density at radius 3 is 2.12 bits per heavy atom. The summed E-state index contributed by atoms with van der Waals surface area (Å²) in [6.07, 6.45) is 7.13. The SMILES string of the molecule is Cc1cccc(C(C)C)c1NC(=O)C(=O)NC12CC3CC(CC(C3)C1)C2. The van der Waals surface area contributed by atoms with E-state index in [0.29, 0.717) is 0 Å². The molecule has 0 radical (unpaired) electrons. The van der Waals surface area contributed by atoms with Crippen LogP contribution in [0.3, 0.4) is 0 Å². The van der Waals surface area contributed by atoms with Gasteiger partial charge in [0.25, 0.3) is 0 Å². The minimum Gasteiger partial charge on any atom is -0.342 e. The van der Waals surface area contributed by atoms with Crippen molar-refractivity contribution in [3.05, 3.63) is 29.3 Å². The Morgan fingerprint density at radius 2 is 1.58 bits per heavy atom. The van der Waals surface area contributed by atoms with Gasteiger partial charge in [0.15, 0.2) is 0 Å². The molecule has 4 aliphatic carbocycles. The molecule has 0 spiro atoms. The monoisotopic (exact) mass is 354 g/mol. The molecule has 4 fully saturated rings. The van der Waals surface area contributed by atoms with Crippen LogP contribution in [0.2, 0.25) is 0 Å². The highest BCUT2D eigenvalue weighted by atomic mass is 16.2. The summed E-state index contributed by atoms with van der Waals surface area (Å²) in [7, 11) is 0. The summed E-state index contributed by atoms with van der Waals surface area (Å²) in [6.45, 7) is 6.17. The number of aryl methyl sites for hydroxylation is 1. The minimum absolute atomic E-state index is 0.129. The number of para-hydroxylation sites is 1. The van der Waals surface area contributed by atoms with Crippen LogP contribution in [-0.2, 0) is 9.59 Å². The molecular weight excluding hydrogens is 324 g/mol. The maximum Gasteiger partial charge on any atom is 0.313 e. The van der Waals surface area contributed by atoms with E-state index in [-0.39, 0.29) is 11.5 Å². The Labute approximate surface area is 156 Å². The second-order valence-electron chi connectivity index (χ2n) is 9.30. The Balaban J connectivity index is 1.47. The van der Waals surface area contributed by atoms with Gasteiger partial charge < -0.3 is 10.6 Å². The van der Waals surface area contributed by atoms with Crippen LogP contribution >= 0.6 is 0 Å². The second-order valence-corrected chi connectivity index (χ2v) is 9.30. The number of carbonyl (C=O) groups excluding carboxylic acids is 2. The molecule has 0 saturated heterocycles. The molecule has 0 heterocycles. The van der Waals surface area contributed by atoms with Crippen molar-refractivity contribution in [3.8, 4) is 0 Å². The molecule has 140 valence electrons. The summed E-state index contributed by atoms with van der Waals surface area (Å²) in [5, 5.41) is 6.05. The number of carbonyl (C=O) groups is 2. The van der Waals surface area contributed by atoms with Gasteiger partial charge in [-0.25, -0.2) is 0 Å². The Kier molecular flexibility index (Phi) is 4.32. The van der Waals surface area contributed by atoms with Gasteiger partial charge in [-0.15, -0.1) is 0 Å². The van der Waals surface area contributed by atoms with Gasteiger partial charge >= 0.3 is 11.8 Å². The summed E-state index contributed by atoms with van der Waals surface area (Å²) < 4.78 is 0. The average Bonchev–Trinajstić information content (AvgIpc) is 2.54. The van der Waals surface area contributed by atoms with E-state index in [0.717, 1.165) is 53.8 Å². The maximum atomic E-state index is 12.7. The number of hydrogen-bond acceptors (Lipinski definition) is 2. The number of hydrogen-bond donors (Lipinski definition) is 2. The predicted molar refractivity (Wildman–Crippen MR) is 103 cm³/mol. The van der Waals surface area contributed by atoms with Crippen LogP contribution in [0.15, 0.2) is 18.2 Å². The van der Waals surface area contributed by atoms with E-state index in [9.17, 15) is 9.59 Å². The molecule has 0 aromatic heterocycles. The van der Waals surface area contributed by atoms with Gasteiger partial charge in [0.1, 0.15) is 0 Å². The summed E-state index contributed by atoms with van der Waals surface area (Å²) >= 11 is 0. The predicted octanol–water partition coefficient (Wildman–Crippen LogP) is 4.14. The number of nitrogens with one attached hydrogen (secondary N) is 2. The van der Waals surface area contributed by atoms with Gasteiger partial charge in [-0.3, -0.25) is 9.59 Å². The topological polar surface area (TPSA) is 58.2 Å². The van der Waals surface area contributed by atoms with E-state index in [1.807, 2.05) is 25.1 Å². The average molecular weight is 354 g/mol. The van der Waals surface area contributed by atoms with Crippen molar-refractivity contribution in [1.29, 1.82) is 0 Å². The van der Waals surface area contributed by atoms with Crippen LogP contribution in [0.25, 0.3) is 0 Å². The largest absolute Gasteiger partial charge is 0.342 e. The lowest BCUT2D eigenvalue weighted by atomic mass is 9.53. The van der Waals surface area contributed by atoms with Crippen molar-refractivity contribution in [2.24, 2.45) is 17.8 Å². The van der Waals surface area contributed by atoms with Crippen LogP contribution in [0.4, 0.5) is 5.69 Å². The van der Waals surface area contributed by atoms with Gasteiger partial charge in [0.05, 0.1) is 0 Å². The molecule has 1 aromatic rings. The smallest absolute Gasteiger partial charge is 0.313 e. The fourth-order valence-corrected chi connectivity index (χ4v) is 6.07. The molecule has 4 aliphatic rings. The Morgan fingerprint density at radius 1 is 1.00 bits per heavy atom. The lowest BCUT2D eigenvalue weighted by Crippen LogP contribution is -2.61. The summed E-state index contributed by atoms with van der Waals surface area (Å²) in [5.41, 5.74) is 2.72. The van der Waals surface area contributed by atoms with Crippen LogP contribution < -0.4 is 10.6 Å². The van der Waals surface area contributed by atoms with E-state index in [4.69, 9.17) is 0 Å². The molecule has 26 heavy (non-hydrogen) atoms. The summed E-state index contributed by atoms with van der Waals surface area (Å²) in [4.78, 5) is 25.3. The van der Waals surface area contributed by atoms with E-state index in [1.165, 1.54) is 19.3 Å². The molecule has 0 aliphatic heterocycles. The molecule has 4 heteroatoms. The van der Waals surface area contributed by atoms with E-state index in [1.54, 1.807) is 0 Å². The van der Waals surface area contributed by atoms with Gasteiger partial charge in [0, 0.05) is 11.2 Å². The van der Waals surface area contributed by atoms with Crippen molar-refractivity contribution < 1.29 is 9.59 Å². The van der Waals surface area contributed by atoms with Crippen molar-refractivity contribution in [3.63, 3.8) is 0 Å². The second kappa shape index (κ2) is 6.40. The van der Waals surface area contributed by atoms with Crippen molar-refractivity contribution >= 4 is 17.5 Å². The van der Waals surface area contributed by atoms with E-state index in [2.05, 4.69) is 24.5 Å². The summed E-state index contributed by atoms with van der Waals surface area (Å²) in [5.74, 6) is 1.52. The number of anilines is 1. The van der Waals surface area contributed by atoms with E-state index >= 15 is 0 Å². The molecule has 4 saturated carbocycles. The van der Waals surface area contributed by atoms with Crippen LogP contribution in [0.1, 0.15) is 69.4 Å². The Hall–Kier alpha value is -1.84.